The van der Waals surface area contributed by atoms with Crippen molar-refractivity contribution in [2.45, 2.75) is 46.1 Å². The Morgan fingerprint density at radius 1 is 1.27 bits per heavy atom. The smallest absolute Gasteiger partial charge is 0.309 e. The van der Waals surface area contributed by atoms with Gasteiger partial charge >= 0.3 is 5.97 Å². The van der Waals surface area contributed by atoms with Crippen molar-refractivity contribution in [3.63, 3.8) is 0 Å². The first-order chi connectivity index (χ1) is 6.71. The van der Waals surface area contributed by atoms with Crippen LogP contribution in [0, 0.1) is 5.41 Å². The highest BCUT2D eigenvalue weighted by molar-refractivity contribution is 7.80. The molecule has 0 saturated heterocycles. The summed E-state index contributed by atoms with van der Waals surface area (Å²) >= 11 is 4.15. The molecule has 0 amide bonds. The monoisotopic (exact) mass is 234 g/mol. The zero-order valence-electron chi connectivity index (χ0n) is 10.0. The van der Waals surface area contributed by atoms with Gasteiger partial charge in [0.1, 0.15) is 0 Å². The van der Waals surface area contributed by atoms with Crippen LogP contribution >= 0.6 is 12.6 Å². The Kier molecular flexibility index (Phi) is 5.67. The van der Waals surface area contributed by atoms with E-state index in [1.807, 2.05) is 13.8 Å². The number of carbonyl (C=O) groups is 1. The molecule has 0 bridgehead atoms. The van der Waals surface area contributed by atoms with Gasteiger partial charge in [-0.3, -0.25) is 4.79 Å². The van der Waals surface area contributed by atoms with E-state index >= 15 is 0 Å². The van der Waals surface area contributed by atoms with Crippen LogP contribution in [0.4, 0.5) is 0 Å². The molecule has 0 spiro atoms. The van der Waals surface area contributed by atoms with Crippen LogP contribution in [-0.4, -0.2) is 29.0 Å². The van der Waals surface area contributed by atoms with Crippen LogP contribution in [0.3, 0.4) is 0 Å². The topological polar surface area (TPSA) is 46.5 Å². The predicted molar refractivity (Wildman–Crippen MR) is 64.5 cm³/mol. The highest BCUT2D eigenvalue weighted by atomic mass is 32.1. The molecule has 0 aliphatic carbocycles. The first-order valence-corrected chi connectivity index (χ1v) is 5.83. The Hall–Kier alpha value is -0.220. The first kappa shape index (κ1) is 14.8. The number of hydrogen-bond acceptors (Lipinski definition) is 3. The molecule has 0 radical (unpaired) electrons. The second kappa shape index (κ2) is 5.75. The molecule has 0 aliphatic rings. The SMILES string of the molecule is CC(C)(CCS)OCCC(C)(C)C(=O)O. The van der Waals surface area contributed by atoms with Crippen LogP contribution in [-0.2, 0) is 9.53 Å². The predicted octanol–water partition coefficient (Wildman–Crippen LogP) is 2.60. The van der Waals surface area contributed by atoms with Crippen molar-refractivity contribution in [3.05, 3.63) is 0 Å². The van der Waals surface area contributed by atoms with E-state index in [1.165, 1.54) is 0 Å². The lowest BCUT2D eigenvalue weighted by molar-refractivity contribution is -0.148. The minimum Gasteiger partial charge on any atom is -0.481 e. The van der Waals surface area contributed by atoms with Crippen molar-refractivity contribution in [3.8, 4) is 0 Å². The molecule has 0 atom stereocenters. The second-order valence-corrected chi connectivity index (χ2v) is 5.47. The Morgan fingerprint density at radius 3 is 2.20 bits per heavy atom. The number of rotatable bonds is 7. The molecule has 0 aromatic carbocycles. The molecule has 90 valence electrons. The van der Waals surface area contributed by atoms with E-state index in [0.717, 1.165) is 12.2 Å². The largest absolute Gasteiger partial charge is 0.481 e. The van der Waals surface area contributed by atoms with Crippen LogP contribution in [0.2, 0.25) is 0 Å². The molecule has 0 rings (SSSR count). The number of aliphatic carboxylic acids is 1. The van der Waals surface area contributed by atoms with Crippen LogP contribution in [0.1, 0.15) is 40.5 Å². The van der Waals surface area contributed by atoms with E-state index in [1.54, 1.807) is 13.8 Å². The van der Waals surface area contributed by atoms with Crippen LogP contribution < -0.4 is 0 Å². The maximum Gasteiger partial charge on any atom is 0.309 e. The molecule has 0 unspecified atom stereocenters. The molecule has 3 nitrogen and oxygen atoms in total. The summed E-state index contributed by atoms with van der Waals surface area (Å²) in [5.74, 6) is -0.00640. The average molecular weight is 234 g/mol. The van der Waals surface area contributed by atoms with E-state index in [-0.39, 0.29) is 5.60 Å². The lowest BCUT2D eigenvalue weighted by Crippen LogP contribution is -2.30. The van der Waals surface area contributed by atoms with Crippen LogP contribution in [0.25, 0.3) is 0 Å². The van der Waals surface area contributed by atoms with Crippen molar-refractivity contribution < 1.29 is 14.6 Å². The van der Waals surface area contributed by atoms with Gasteiger partial charge in [-0.15, -0.1) is 0 Å². The number of carboxylic acid groups (broad SMARTS) is 1. The highest BCUT2D eigenvalue weighted by Gasteiger charge is 2.28. The molecular weight excluding hydrogens is 212 g/mol. The molecule has 1 N–H and O–H groups in total. The van der Waals surface area contributed by atoms with Gasteiger partial charge in [-0.25, -0.2) is 0 Å². The summed E-state index contributed by atoms with van der Waals surface area (Å²) in [5, 5.41) is 8.91. The summed E-state index contributed by atoms with van der Waals surface area (Å²) in [7, 11) is 0. The minimum absolute atomic E-state index is 0.212. The fourth-order valence-electron chi connectivity index (χ4n) is 1.03. The summed E-state index contributed by atoms with van der Waals surface area (Å²) in [4.78, 5) is 10.8. The van der Waals surface area contributed by atoms with E-state index in [4.69, 9.17) is 9.84 Å². The van der Waals surface area contributed by atoms with Gasteiger partial charge < -0.3 is 9.84 Å². The third-order valence-corrected chi connectivity index (χ3v) is 2.74. The Morgan fingerprint density at radius 2 is 1.80 bits per heavy atom. The first-order valence-electron chi connectivity index (χ1n) is 5.19. The molecule has 15 heavy (non-hydrogen) atoms. The molecule has 4 heteroatoms. The van der Waals surface area contributed by atoms with Crippen LogP contribution in [0.15, 0.2) is 0 Å². The lowest BCUT2D eigenvalue weighted by Gasteiger charge is -2.27. The summed E-state index contributed by atoms with van der Waals surface area (Å²) < 4.78 is 5.64. The molecule has 0 heterocycles. The molecule has 0 saturated carbocycles. The van der Waals surface area contributed by atoms with E-state index in [2.05, 4.69) is 12.6 Å². The zero-order valence-corrected chi connectivity index (χ0v) is 10.9. The van der Waals surface area contributed by atoms with Crippen molar-refractivity contribution in [1.82, 2.24) is 0 Å². The van der Waals surface area contributed by atoms with E-state index < -0.39 is 11.4 Å². The number of ether oxygens (including phenoxy) is 1. The van der Waals surface area contributed by atoms with E-state index in [0.29, 0.717) is 13.0 Å². The summed E-state index contributed by atoms with van der Waals surface area (Å²) in [6.45, 7) is 7.89. The number of hydrogen-bond donors (Lipinski definition) is 2. The quantitative estimate of drug-likeness (QED) is 0.666. The van der Waals surface area contributed by atoms with Gasteiger partial charge in [-0.1, -0.05) is 0 Å². The molecule has 0 aromatic heterocycles. The van der Waals surface area contributed by atoms with Crippen molar-refractivity contribution >= 4 is 18.6 Å². The fraction of sp³-hybridized carbons (Fsp3) is 0.909. The standard InChI is InChI=1S/C11H22O3S/c1-10(2,9(12)13)5-7-14-11(3,4)6-8-15/h15H,5-8H2,1-4H3,(H,12,13). The maximum absolute atomic E-state index is 10.8. The zero-order chi connectivity index (χ0) is 12.1. The van der Waals surface area contributed by atoms with Gasteiger partial charge in [0, 0.05) is 6.61 Å². The lowest BCUT2D eigenvalue weighted by atomic mass is 9.90. The van der Waals surface area contributed by atoms with Gasteiger partial charge in [0.25, 0.3) is 0 Å². The summed E-state index contributed by atoms with van der Waals surface area (Å²) in [6.07, 6.45) is 1.39. The number of carboxylic acids is 1. The van der Waals surface area contributed by atoms with Gasteiger partial charge in [-0.2, -0.15) is 12.6 Å². The third-order valence-electron chi connectivity index (χ3n) is 2.51. The Balaban J connectivity index is 3.93. The van der Waals surface area contributed by atoms with Crippen molar-refractivity contribution in [2.75, 3.05) is 12.4 Å². The molecule has 0 aromatic rings. The Labute approximate surface area is 97.6 Å². The fourth-order valence-corrected chi connectivity index (χ4v) is 1.57. The van der Waals surface area contributed by atoms with E-state index in [9.17, 15) is 4.79 Å². The Bertz CT molecular complexity index is 212. The highest BCUT2D eigenvalue weighted by Crippen LogP contribution is 2.23. The second-order valence-electron chi connectivity index (χ2n) is 5.02. The normalized spacial score (nSPS) is 12.9. The van der Waals surface area contributed by atoms with Gasteiger partial charge in [0.2, 0.25) is 0 Å². The van der Waals surface area contributed by atoms with Gasteiger partial charge in [0.05, 0.1) is 11.0 Å². The van der Waals surface area contributed by atoms with Gasteiger partial charge in [0.15, 0.2) is 0 Å². The van der Waals surface area contributed by atoms with Crippen molar-refractivity contribution in [2.24, 2.45) is 5.41 Å². The average Bonchev–Trinajstić information content (AvgIpc) is 2.02. The maximum atomic E-state index is 10.8. The summed E-state index contributed by atoms with van der Waals surface area (Å²) in [6, 6.07) is 0. The van der Waals surface area contributed by atoms with Crippen molar-refractivity contribution in [1.29, 1.82) is 0 Å². The van der Waals surface area contributed by atoms with Crippen LogP contribution in [0.5, 0.6) is 0 Å². The van der Waals surface area contributed by atoms with Gasteiger partial charge in [-0.05, 0) is 46.3 Å². The molecule has 0 aliphatic heterocycles. The number of thiol groups is 1. The third kappa shape index (κ3) is 6.05. The summed E-state index contributed by atoms with van der Waals surface area (Å²) in [5.41, 5.74) is -0.923. The minimum atomic E-state index is -0.780. The molecular formula is C11H22O3S. The molecule has 0 fully saturated rings.